The number of thioether (sulfide) groups is 1. The highest BCUT2D eigenvalue weighted by Gasteiger charge is 2.13. The van der Waals surface area contributed by atoms with Gasteiger partial charge < -0.3 is 0 Å². The molecule has 0 N–H and O–H groups in total. The SMILES string of the molecule is C/C1=N/OS(=O)(=O)CCCS1. The van der Waals surface area contributed by atoms with Gasteiger partial charge in [-0.2, -0.15) is 8.42 Å². The molecule has 1 aliphatic rings. The van der Waals surface area contributed by atoms with Gasteiger partial charge in [0, 0.05) is 5.75 Å². The normalized spacial score (nSPS) is 29.0. The van der Waals surface area contributed by atoms with Crippen LogP contribution in [-0.4, -0.2) is 25.0 Å². The monoisotopic (exact) mass is 195 g/mol. The van der Waals surface area contributed by atoms with Gasteiger partial charge in [-0.15, -0.1) is 11.8 Å². The average Bonchev–Trinajstić information content (AvgIpc) is 1.92. The van der Waals surface area contributed by atoms with E-state index in [1.165, 1.54) is 11.8 Å². The molecule has 1 heterocycles. The van der Waals surface area contributed by atoms with Crippen molar-refractivity contribution in [2.45, 2.75) is 13.3 Å². The van der Waals surface area contributed by atoms with Crippen molar-refractivity contribution >= 4 is 26.9 Å². The van der Waals surface area contributed by atoms with Crippen molar-refractivity contribution in [2.24, 2.45) is 5.16 Å². The highest BCUT2D eigenvalue weighted by atomic mass is 32.2. The molecule has 0 fully saturated rings. The fourth-order valence-corrected chi connectivity index (χ4v) is 2.33. The molecule has 1 aliphatic heterocycles. The van der Waals surface area contributed by atoms with E-state index in [0.29, 0.717) is 11.5 Å². The molecule has 6 heteroatoms. The quantitative estimate of drug-likeness (QED) is 0.574. The first-order valence-corrected chi connectivity index (χ1v) is 5.75. The largest absolute Gasteiger partial charge is 0.328 e. The molecule has 0 unspecified atom stereocenters. The molecule has 64 valence electrons. The van der Waals surface area contributed by atoms with Gasteiger partial charge in [0.05, 0.1) is 5.75 Å². The molecule has 0 aliphatic carbocycles. The highest BCUT2D eigenvalue weighted by Crippen LogP contribution is 2.12. The number of rotatable bonds is 0. The molecule has 0 aromatic heterocycles. The molecule has 1 rings (SSSR count). The molecule has 0 radical (unpaired) electrons. The lowest BCUT2D eigenvalue weighted by Crippen LogP contribution is -2.11. The van der Waals surface area contributed by atoms with Crippen molar-refractivity contribution in [1.82, 2.24) is 0 Å². The lowest BCUT2D eigenvalue weighted by atomic mass is 10.6. The third-order valence-corrected chi connectivity index (χ3v) is 3.20. The van der Waals surface area contributed by atoms with Gasteiger partial charge in [0.25, 0.3) is 0 Å². The van der Waals surface area contributed by atoms with E-state index in [4.69, 9.17) is 0 Å². The van der Waals surface area contributed by atoms with E-state index in [1.807, 2.05) is 0 Å². The summed E-state index contributed by atoms with van der Waals surface area (Å²) in [4.78, 5) is 0. The molecule has 0 aromatic carbocycles. The van der Waals surface area contributed by atoms with Crippen molar-refractivity contribution in [3.05, 3.63) is 0 Å². The highest BCUT2D eigenvalue weighted by molar-refractivity contribution is 8.13. The molecule has 0 spiro atoms. The zero-order chi connectivity index (χ0) is 8.32. The molecular formula is C5H9NO3S2. The predicted octanol–water partition coefficient (Wildman–Crippen LogP) is 0.803. The third kappa shape index (κ3) is 3.11. The summed E-state index contributed by atoms with van der Waals surface area (Å²) in [5, 5.41) is 4.09. The van der Waals surface area contributed by atoms with Crippen LogP contribution in [0, 0.1) is 0 Å². The summed E-state index contributed by atoms with van der Waals surface area (Å²) in [6, 6.07) is 0. The van der Waals surface area contributed by atoms with Crippen LogP contribution in [0.5, 0.6) is 0 Å². The third-order valence-electron chi connectivity index (χ3n) is 1.13. The summed E-state index contributed by atoms with van der Waals surface area (Å²) >= 11 is 1.51. The molecule has 0 amide bonds. The van der Waals surface area contributed by atoms with Crippen LogP contribution in [-0.2, 0) is 14.4 Å². The Kier molecular flexibility index (Phi) is 2.78. The Morgan fingerprint density at radius 1 is 1.64 bits per heavy atom. The van der Waals surface area contributed by atoms with Crippen LogP contribution in [0.25, 0.3) is 0 Å². The summed E-state index contributed by atoms with van der Waals surface area (Å²) in [5.41, 5.74) is 0. The first-order chi connectivity index (χ1) is 5.10. The van der Waals surface area contributed by atoms with Gasteiger partial charge in [0.1, 0.15) is 5.04 Å². The number of hydrogen-bond acceptors (Lipinski definition) is 5. The fraction of sp³-hybridized carbons (Fsp3) is 0.800. The van der Waals surface area contributed by atoms with E-state index in [1.54, 1.807) is 6.92 Å². The maximum atomic E-state index is 10.8. The van der Waals surface area contributed by atoms with Crippen LogP contribution < -0.4 is 0 Å². The van der Waals surface area contributed by atoms with E-state index < -0.39 is 10.1 Å². The standard InChI is InChI=1S/C5H9NO3S2/c1-5-6-9-11(7,8)4-2-3-10-5/h2-4H2,1H3/b6-5-. The van der Waals surface area contributed by atoms with Crippen molar-refractivity contribution in [3.63, 3.8) is 0 Å². The first kappa shape index (κ1) is 8.86. The summed E-state index contributed by atoms with van der Waals surface area (Å²) < 4.78 is 26.0. The molecule has 0 atom stereocenters. The van der Waals surface area contributed by atoms with Gasteiger partial charge in [-0.25, -0.2) is 0 Å². The van der Waals surface area contributed by atoms with Crippen molar-refractivity contribution in [3.8, 4) is 0 Å². The summed E-state index contributed by atoms with van der Waals surface area (Å²) in [6.45, 7) is 1.73. The number of oxime groups is 1. The Balaban J connectivity index is 2.72. The van der Waals surface area contributed by atoms with Crippen LogP contribution in [0.3, 0.4) is 0 Å². The average molecular weight is 195 g/mol. The summed E-state index contributed by atoms with van der Waals surface area (Å²) in [5.74, 6) is 0.856. The molecule has 0 saturated heterocycles. The van der Waals surface area contributed by atoms with E-state index in [-0.39, 0.29) is 5.75 Å². The molecule has 11 heavy (non-hydrogen) atoms. The second-order valence-electron chi connectivity index (χ2n) is 2.15. The van der Waals surface area contributed by atoms with Crippen molar-refractivity contribution in [2.75, 3.05) is 11.5 Å². The van der Waals surface area contributed by atoms with Crippen molar-refractivity contribution < 1.29 is 12.7 Å². The van der Waals surface area contributed by atoms with Gasteiger partial charge >= 0.3 is 10.1 Å². The molecular weight excluding hydrogens is 186 g/mol. The van der Waals surface area contributed by atoms with E-state index in [0.717, 1.165) is 5.75 Å². The maximum absolute atomic E-state index is 10.8. The van der Waals surface area contributed by atoms with E-state index >= 15 is 0 Å². The topological polar surface area (TPSA) is 55.7 Å². The molecule has 0 saturated carbocycles. The second-order valence-corrected chi connectivity index (χ2v) is 5.11. The maximum Gasteiger partial charge on any atom is 0.328 e. The van der Waals surface area contributed by atoms with Crippen LogP contribution in [0.1, 0.15) is 13.3 Å². The Hall–Kier alpha value is -0.230. The Morgan fingerprint density at radius 2 is 2.36 bits per heavy atom. The van der Waals surface area contributed by atoms with Crippen LogP contribution in [0.2, 0.25) is 0 Å². The van der Waals surface area contributed by atoms with Crippen LogP contribution in [0.15, 0.2) is 5.16 Å². The van der Waals surface area contributed by atoms with Gasteiger partial charge in [0.2, 0.25) is 0 Å². The lowest BCUT2D eigenvalue weighted by Gasteiger charge is -2.06. The molecule has 0 aromatic rings. The zero-order valence-electron chi connectivity index (χ0n) is 6.11. The Labute approximate surface area is 70.1 Å². The smallest absolute Gasteiger partial charge is 0.268 e. The van der Waals surface area contributed by atoms with Gasteiger partial charge in [-0.3, -0.25) is 4.28 Å². The molecule has 0 bridgehead atoms. The lowest BCUT2D eigenvalue weighted by molar-refractivity contribution is 0.339. The fourth-order valence-electron chi connectivity index (χ4n) is 0.628. The van der Waals surface area contributed by atoms with Gasteiger partial charge in [0.15, 0.2) is 0 Å². The minimum absolute atomic E-state index is 0.0662. The number of nitrogens with zero attached hydrogens (tertiary/aromatic N) is 1. The second kappa shape index (κ2) is 3.44. The van der Waals surface area contributed by atoms with Crippen molar-refractivity contribution in [1.29, 1.82) is 0 Å². The van der Waals surface area contributed by atoms with E-state index in [9.17, 15) is 8.42 Å². The Morgan fingerprint density at radius 3 is 3.09 bits per heavy atom. The predicted molar refractivity (Wildman–Crippen MR) is 45.1 cm³/mol. The molecule has 4 nitrogen and oxygen atoms in total. The van der Waals surface area contributed by atoms with E-state index in [2.05, 4.69) is 9.44 Å². The minimum Gasteiger partial charge on any atom is -0.268 e. The van der Waals surface area contributed by atoms with Gasteiger partial charge in [-0.1, -0.05) is 5.16 Å². The van der Waals surface area contributed by atoms with Crippen LogP contribution >= 0.6 is 11.8 Å². The van der Waals surface area contributed by atoms with Gasteiger partial charge in [-0.05, 0) is 13.3 Å². The number of hydrogen-bond donors (Lipinski definition) is 0. The first-order valence-electron chi connectivity index (χ1n) is 3.19. The summed E-state index contributed by atoms with van der Waals surface area (Å²) in [7, 11) is -3.38. The summed E-state index contributed by atoms with van der Waals surface area (Å²) in [6.07, 6.45) is 0.625. The zero-order valence-corrected chi connectivity index (χ0v) is 7.74. The Bertz CT molecular complexity index is 257. The minimum atomic E-state index is -3.38. The van der Waals surface area contributed by atoms with Crippen LogP contribution in [0.4, 0.5) is 0 Å².